The van der Waals surface area contributed by atoms with Crippen molar-refractivity contribution >= 4 is 21.6 Å². The van der Waals surface area contributed by atoms with Crippen LogP contribution in [0.3, 0.4) is 0 Å². The minimum absolute atomic E-state index is 0.00283. The normalized spacial score (nSPS) is 11.7. The predicted molar refractivity (Wildman–Crippen MR) is 72.1 cm³/mol. The first-order valence-electron chi connectivity index (χ1n) is 5.46. The summed E-state index contributed by atoms with van der Waals surface area (Å²) in [6.45, 7) is 0.224. The van der Waals surface area contributed by atoms with Crippen LogP contribution in [0.4, 0.5) is 0 Å². The molecule has 0 aliphatic heterocycles. The van der Waals surface area contributed by atoms with E-state index in [0.717, 1.165) is 5.56 Å². The molecular weight excluding hydrogens is 286 g/mol. The Morgan fingerprint density at radius 2 is 1.95 bits per heavy atom. The van der Waals surface area contributed by atoms with Gasteiger partial charge >= 0.3 is 0 Å². The quantitative estimate of drug-likeness (QED) is 0.865. The molecule has 2 aromatic rings. The number of aromatic nitrogens is 2. The van der Waals surface area contributed by atoms with Crippen LogP contribution in [0, 0.1) is 0 Å². The molecule has 0 fully saturated rings. The maximum atomic E-state index is 12.3. The standard InChI is InChI=1S/C12H12ClN3O2S/c1-16(9-10-3-2-5-14-7-10)19(17,18)12-8-15-6-4-11(12)13/h2-8H,9H2,1H3. The molecule has 0 bridgehead atoms. The van der Waals surface area contributed by atoms with Crippen LogP contribution in [0.15, 0.2) is 47.9 Å². The number of hydrogen-bond acceptors (Lipinski definition) is 4. The topological polar surface area (TPSA) is 63.2 Å². The molecule has 19 heavy (non-hydrogen) atoms. The summed E-state index contributed by atoms with van der Waals surface area (Å²) < 4.78 is 25.9. The first kappa shape index (κ1) is 13.9. The third-order valence-electron chi connectivity index (χ3n) is 2.55. The van der Waals surface area contributed by atoms with E-state index in [0.29, 0.717) is 0 Å². The fourth-order valence-electron chi connectivity index (χ4n) is 1.55. The molecule has 2 rings (SSSR count). The summed E-state index contributed by atoms with van der Waals surface area (Å²) >= 11 is 5.90. The van der Waals surface area contributed by atoms with Crippen molar-refractivity contribution in [2.75, 3.05) is 7.05 Å². The monoisotopic (exact) mass is 297 g/mol. The molecule has 0 saturated heterocycles. The number of pyridine rings is 2. The predicted octanol–water partition coefficient (Wildman–Crippen LogP) is 1.95. The largest absolute Gasteiger partial charge is 0.264 e. The van der Waals surface area contributed by atoms with Crippen molar-refractivity contribution in [1.29, 1.82) is 0 Å². The summed E-state index contributed by atoms with van der Waals surface area (Å²) in [5, 5.41) is 0.160. The molecule has 0 aromatic carbocycles. The lowest BCUT2D eigenvalue weighted by molar-refractivity contribution is 0.466. The maximum Gasteiger partial charge on any atom is 0.246 e. The van der Waals surface area contributed by atoms with Crippen molar-refractivity contribution in [3.05, 3.63) is 53.6 Å². The summed E-state index contributed by atoms with van der Waals surface area (Å²) in [7, 11) is -2.17. The Bertz CT molecular complexity index is 662. The summed E-state index contributed by atoms with van der Waals surface area (Å²) in [5.74, 6) is 0. The minimum atomic E-state index is -3.66. The van der Waals surface area contributed by atoms with Gasteiger partial charge in [-0.3, -0.25) is 9.97 Å². The first-order valence-corrected chi connectivity index (χ1v) is 7.28. The Hall–Kier alpha value is -1.50. The van der Waals surface area contributed by atoms with Crippen LogP contribution in [0.5, 0.6) is 0 Å². The molecule has 0 unspecified atom stereocenters. The van der Waals surface area contributed by atoms with Crippen molar-refractivity contribution in [1.82, 2.24) is 14.3 Å². The van der Waals surface area contributed by atoms with Gasteiger partial charge in [0.25, 0.3) is 0 Å². The molecule has 7 heteroatoms. The number of rotatable bonds is 4. The van der Waals surface area contributed by atoms with Crippen molar-refractivity contribution < 1.29 is 8.42 Å². The van der Waals surface area contributed by atoms with Gasteiger partial charge in [0, 0.05) is 38.4 Å². The average Bonchev–Trinajstić information content (AvgIpc) is 2.40. The molecule has 0 radical (unpaired) electrons. The molecule has 0 spiro atoms. The number of hydrogen-bond donors (Lipinski definition) is 0. The minimum Gasteiger partial charge on any atom is -0.264 e. The molecule has 0 N–H and O–H groups in total. The molecule has 2 aromatic heterocycles. The second-order valence-electron chi connectivity index (χ2n) is 3.93. The van der Waals surface area contributed by atoms with Gasteiger partial charge in [0.1, 0.15) is 4.90 Å². The van der Waals surface area contributed by atoms with E-state index in [4.69, 9.17) is 11.6 Å². The maximum absolute atomic E-state index is 12.3. The van der Waals surface area contributed by atoms with E-state index in [1.165, 1.54) is 29.8 Å². The number of nitrogens with zero attached hydrogens (tertiary/aromatic N) is 3. The van der Waals surface area contributed by atoms with E-state index in [1.807, 2.05) is 6.07 Å². The zero-order valence-corrected chi connectivity index (χ0v) is 11.8. The number of sulfonamides is 1. The molecule has 0 aliphatic carbocycles. The van der Waals surface area contributed by atoms with E-state index >= 15 is 0 Å². The van der Waals surface area contributed by atoms with Crippen LogP contribution in [0.25, 0.3) is 0 Å². The molecule has 0 atom stereocenters. The van der Waals surface area contributed by atoms with Crippen molar-refractivity contribution in [2.45, 2.75) is 11.4 Å². The van der Waals surface area contributed by atoms with Gasteiger partial charge < -0.3 is 0 Å². The first-order chi connectivity index (χ1) is 9.01. The Morgan fingerprint density at radius 1 is 1.21 bits per heavy atom. The summed E-state index contributed by atoms with van der Waals surface area (Å²) in [5.41, 5.74) is 0.800. The molecule has 0 aliphatic rings. The Kier molecular flexibility index (Phi) is 4.14. The molecule has 0 amide bonds. The second kappa shape index (κ2) is 5.64. The molecule has 100 valence electrons. The lowest BCUT2D eigenvalue weighted by Gasteiger charge is -2.17. The van der Waals surface area contributed by atoms with Crippen molar-refractivity contribution in [3.63, 3.8) is 0 Å². The second-order valence-corrected chi connectivity index (χ2v) is 6.35. The molecule has 5 nitrogen and oxygen atoms in total. The van der Waals surface area contributed by atoms with Crippen LogP contribution in [0.2, 0.25) is 5.02 Å². The lowest BCUT2D eigenvalue weighted by Crippen LogP contribution is -2.26. The SMILES string of the molecule is CN(Cc1cccnc1)S(=O)(=O)c1cnccc1Cl. The summed E-state index contributed by atoms with van der Waals surface area (Å²) in [6.07, 6.45) is 5.95. The van der Waals surface area contributed by atoms with Gasteiger partial charge in [-0.05, 0) is 17.7 Å². The van der Waals surface area contributed by atoms with Gasteiger partial charge in [0.05, 0.1) is 5.02 Å². The highest BCUT2D eigenvalue weighted by Gasteiger charge is 2.23. The zero-order chi connectivity index (χ0) is 13.9. The number of halogens is 1. The highest BCUT2D eigenvalue weighted by atomic mass is 35.5. The van der Waals surface area contributed by atoms with E-state index in [2.05, 4.69) is 9.97 Å². The van der Waals surface area contributed by atoms with E-state index in [9.17, 15) is 8.42 Å². The van der Waals surface area contributed by atoms with Gasteiger partial charge in [-0.15, -0.1) is 0 Å². The van der Waals surface area contributed by atoms with Crippen LogP contribution in [0.1, 0.15) is 5.56 Å². The van der Waals surface area contributed by atoms with Gasteiger partial charge in [-0.1, -0.05) is 17.7 Å². The van der Waals surface area contributed by atoms with E-state index in [1.54, 1.807) is 18.5 Å². The third-order valence-corrected chi connectivity index (χ3v) is 4.82. The summed E-state index contributed by atoms with van der Waals surface area (Å²) in [6, 6.07) is 5.02. The van der Waals surface area contributed by atoms with Crippen LogP contribution in [-0.4, -0.2) is 29.7 Å². The zero-order valence-electron chi connectivity index (χ0n) is 10.2. The fourth-order valence-corrected chi connectivity index (χ4v) is 3.12. The molecule has 0 saturated carbocycles. The van der Waals surface area contributed by atoms with Crippen LogP contribution >= 0.6 is 11.6 Å². The van der Waals surface area contributed by atoms with Gasteiger partial charge in [0.15, 0.2) is 0 Å². The van der Waals surface area contributed by atoms with Gasteiger partial charge in [-0.2, -0.15) is 4.31 Å². The lowest BCUT2D eigenvalue weighted by atomic mass is 10.3. The highest BCUT2D eigenvalue weighted by Crippen LogP contribution is 2.23. The van der Waals surface area contributed by atoms with E-state index in [-0.39, 0.29) is 16.5 Å². The van der Waals surface area contributed by atoms with Gasteiger partial charge in [-0.25, -0.2) is 8.42 Å². The summed E-state index contributed by atoms with van der Waals surface area (Å²) in [4.78, 5) is 7.75. The van der Waals surface area contributed by atoms with E-state index < -0.39 is 10.0 Å². The van der Waals surface area contributed by atoms with Gasteiger partial charge in [0.2, 0.25) is 10.0 Å². The van der Waals surface area contributed by atoms with Crippen LogP contribution < -0.4 is 0 Å². The fraction of sp³-hybridized carbons (Fsp3) is 0.167. The Morgan fingerprint density at radius 3 is 2.58 bits per heavy atom. The smallest absolute Gasteiger partial charge is 0.246 e. The molecular formula is C12H12ClN3O2S. The Labute approximate surface area is 116 Å². The average molecular weight is 298 g/mol. The third kappa shape index (κ3) is 3.09. The molecule has 2 heterocycles. The van der Waals surface area contributed by atoms with Crippen molar-refractivity contribution in [2.24, 2.45) is 0 Å². The van der Waals surface area contributed by atoms with Crippen LogP contribution in [-0.2, 0) is 16.6 Å². The highest BCUT2D eigenvalue weighted by molar-refractivity contribution is 7.89. The Balaban J connectivity index is 2.28. The van der Waals surface area contributed by atoms with Crippen molar-refractivity contribution in [3.8, 4) is 0 Å².